The number of hydrogen-bond acceptors (Lipinski definition) is 4. The molecule has 0 radical (unpaired) electrons. The van der Waals surface area contributed by atoms with Crippen LogP contribution < -0.4 is 16.4 Å². The first kappa shape index (κ1) is 22.8. The van der Waals surface area contributed by atoms with E-state index in [0.717, 1.165) is 5.56 Å². The lowest BCUT2D eigenvalue weighted by Crippen LogP contribution is -2.49. The molecule has 2 heterocycles. The highest BCUT2D eigenvalue weighted by molar-refractivity contribution is 5.99. The fourth-order valence-electron chi connectivity index (χ4n) is 2.86. The molecule has 0 saturated carbocycles. The van der Waals surface area contributed by atoms with Crippen molar-refractivity contribution in [2.75, 3.05) is 5.32 Å². The molecule has 0 fully saturated rings. The number of benzene rings is 1. The summed E-state index contributed by atoms with van der Waals surface area (Å²) in [6.07, 6.45) is 2.24. The minimum absolute atomic E-state index is 0. The largest absolute Gasteiger partial charge is 0.344 e. The molecule has 146 valence electrons. The second kappa shape index (κ2) is 10.2. The fraction of sp³-hybridized carbons (Fsp3) is 0.278. The molecule has 0 aliphatic carbocycles. The van der Waals surface area contributed by atoms with Gasteiger partial charge in [0.2, 0.25) is 11.8 Å². The minimum Gasteiger partial charge on any atom is -0.344 e. The molecule has 2 atom stereocenters. The van der Waals surface area contributed by atoms with E-state index in [9.17, 15) is 14.0 Å². The number of fused-ring (bicyclic) bond motifs is 1. The zero-order valence-electron chi connectivity index (χ0n) is 14.4. The number of hydrogen-bond donors (Lipinski definition) is 3. The van der Waals surface area contributed by atoms with Crippen molar-refractivity contribution in [3.8, 4) is 0 Å². The molecule has 0 spiro atoms. The SMILES string of the molecule is Cl.Cl.NC(CC(=O)N[C@@H]1Cc2cccnc2NC1=O)Cc1ccccc1F. The van der Waals surface area contributed by atoms with Crippen LogP contribution in [0.4, 0.5) is 10.2 Å². The first-order valence-electron chi connectivity index (χ1n) is 8.06. The molecule has 0 saturated heterocycles. The number of carbonyl (C=O) groups excluding carboxylic acids is 2. The van der Waals surface area contributed by atoms with E-state index in [-0.39, 0.29) is 55.3 Å². The minimum atomic E-state index is -0.662. The van der Waals surface area contributed by atoms with Gasteiger partial charge in [0.25, 0.3) is 0 Å². The van der Waals surface area contributed by atoms with Crippen LogP contribution in [0.15, 0.2) is 42.6 Å². The summed E-state index contributed by atoms with van der Waals surface area (Å²) in [5.74, 6) is -0.457. The smallest absolute Gasteiger partial charge is 0.248 e. The fourth-order valence-corrected chi connectivity index (χ4v) is 2.86. The normalized spacial score (nSPS) is 16.1. The molecule has 2 amide bonds. The predicted molar refractivity (Wildman–Crippen MR) is 106 cm³/mol. The van der Waals surface area contributed by atoms with Gasteiger partial charge >= 0.3 is 0 Å². The Labute approximate surface area is 168 Å². The van der Waals surface area contributed by atoms with Gasteiger partial charge in [-0.2, -0.15) is 0 Å². The summed E-state index contributed by atoms with van der Waals surface area (Å²) < 4.78 is 13.6. The van der Waals surface area contributed by atoms with E-state index >= 15 is 0 Å². The van der Waals surface area contributed by atoms with Crippen LogP contribution >= 0.6 is 24.8 Å². The summed E-state index contributed by atoms with van der Waals surface area (Å²) >= 11 is 0. The van der Waals surface area contributed by atoms with Crippen molar-refractivity contribution in [2.45, 2.75) is 31.3 Å². The number of anilines is 1. The molecular weight excluding hydrogens is 394 g/mol. The number of pyridine rings is 1. The Morgan fingerprint density at radius 2 is 2.04 bits per heavy atom. The molecule has 1 aliphatic heterocycles. The summed E-state index contributed by atoms with van der Waals surface area (Å²) in [7, 11) is 0. The lowest BCUT2D eigenvalue weighted by Gasteiger charge is -2.25. The summed E-state index contributed by atoms with van der Waals surface area (Å²) in [6.45, 7) is 0. The number of aromatic nitrogens is 1. The van der Waals surface area contributed by atoms with Crippen LogP contribution in [0.2, 0.25) is 0 Å². The Bertz CT molecular complexity index is 806. The molecule has 4 N–H and O–H groups in total. The Hall–Kier alpha value is -2.22. The van der Waals surface area contributed by atoms with Gasteiger partial charge in [-0.3, -0.25) is 9.59 Å². The van der Waals surface area contributed by atoms with Gasteiger partial charge in [-0.1, -0.05) is 24.3 Å². The lowest BCUT2D eigenvalue weighted by atomic mass is 10.0. The van der Waals surface area contributed by atoms with Gasteiger partial charge in [-0.05, 0) is 29.7 Å². The van der Waals surface area contributed by atoms with Gasteiger partial charge in [0.05, 0.1) is 0 Å². The monoisotopic (exact) mass is 414 g/mol. The van der Waals surface area contributed by atoms with Crippen molar-refractivity contribution in [2.24, 2.45) is 5.73 Å². The van der Waals surface area contributed by atoms with Gasteiger partial charge < -0.3 is 16.4 Å². The van der Waals surface area contributed by atoms with Crippen LogP contribution in [0.25, 0.3) is 0 Å². The Morgan fingerprint density at radius 1 is 1.30 bits per heavy atom. The molecule has 1 aliphatic rings. The van der Waals surface area contributed by atoms with Gasteiger partial charge in [-0.15, -0.1) is 24.8 Å². The van der Waals surface area contributed by atoms with Crippen molar-refractivity contribution < 1.29 is 14.0 Å². The highest BCUT2D eigenvalue weighted by Crippen LogP contribution is 2.19. The Kier molecular flexibility index (Phi) is 8.62. The van der Waals surface area contributed by atoms with Crippen LogP contribution in [0, 0.1) is 5.82 Å². The summed E-state index contributed by atoms with van der Waals surface area (Å²) in [4.78, 5) is 28.3. The van der Waals surface area contributed by atoms with Gasteiger partial charge in [0.15, 0.2) is 0 Å². The van der Waals surface area contributed by atoms with Crippen LogP contribution in [-0.4, -0.2) is 28.9 Å². The maximum Gasteiger partial charge on any atom is 0.248 e. The number of nitrogens with two attached hydrogens (primary N) is 1. The highest BCUT2D eigenvalue weighted by atomic mass is 35.5. The second-order valence-corrected chi connectivity index (χ2v) is 6.08. The van der Waals surface area contributed by atoms with Crippen molar-refractivity contribution >= 4 is 42.4 Å². The molecule has 9 heteroatoms. The quantitative estimate of drug-likeness (QED) is 0.696. The van der Waals surface area contributed by atoms with Crippen molar-refractivity contribution in [1.29, 1.82) is 0 Å². The van der Waals surface area contributed by atoms with Gasteiger partial charge in [-0.25, -0.2) is 9.37 Å². The molecule has 3 rings (SSSR count). The molecule has 1 aromatic heterocycles. The third-order valence-corrected chi connectivity index (χ3v) is 4.10. The molecule has 1 aromatic carbocycles. The van der Waals surface area contributed by atoms with E-state index in [0.29, 0.717) is 17.8 Å². The maximum absolute atomic E-state index is 13.6. The van der Waals surface area contributed by atoms with Crippen molar-refractivity contribution in [3.05, 3.63) is 59.5 Å². The Balaban J connectivity index is 0.00000182. The van der Waals surface area contributed by atoms with Crippen LogP contribution in [0.3, 0.4) is 0 Å². The van der Waals surface area contributed by atoms with E-state index < -0.39 is 12.1 Å². The van der Waals surface area contributed by atoms with Crippen molar-refractivity contribution in [3.63, 3.8) is 0 Å². The van der Waals surface area contributed by atoms with Gasteiger partial charge in [0.1, 0.15) is 17.7 Å². The summed E-state index contributed by atoms with van der Waals surface area (Å²) in [5, 5.41) is 5.36. The topological polar surface area (TPSA) is 97.1 Å². The second-order valence-electron chi connectivity index (χ2n) is 6.08. The summed E-state index contributed by atoms with van der Waals surface area (Å²) in [5.41, 5.74) is 7.29. The zero-order valence-corrected chi connectivity index (χ0v) is 16.0. The van der Waals surface area contributed by atoms with E-state index in [1.54, 1.807) is 30.5 Å². The lowest BCUT2D eigenvalue weighted by molar-refractivity contribution is -0.126. The standard InChI is InChI=1S/C18H19FN4O2.2ClH/c19-14-6-2-1-4-11(14)8-13(20)10-16(24)22-15-9-12-5-3-7-21-17(12)23-18(15)25;;/h1-7,13,15H,8-10,20H2,(H,22,24)(H,21,23,25);2*1H/t13?,15-;;/m1../s1. The van der Waals surface area contributed by atoms with Crippen LogP contribution in [0.5, 0.6) is 0 Å². The number of rotatable bonds is 5. The molecule has 27 heavy (non-hydrogen) atoms. The summed E-state index contributed by atoms with van der Waals surface area (Å²) in [6, 6.07) is 8.77. The molecular formula is C18H21Cl2FN4O2. The predicted octanol–water partition coefficient (Wildman–Crippen LogP) is 2.00. The van der Waals surface area contributed by atoms with E-state index in [4.69, 9.17) is 5.73 Å². The van der Waals surface area contributed by atoms with Crippen molar-refractivity contribution in [1.82, 2.24) is 10.3 Å². The zero-order chi connectivity index (χ0) is 17.8. The average molecular weight is 415 g/mol. The van der Waals surface area contributed by atoms with Gasteiger partial charge in [0, 0.05) is 25.1 Å². The number of carbonyl (C=O) groups is 2. The number of nitrogens with one attached hydrogen (secondary N) is 2. The number of halogens is 3. The number of nitrogens with zero attached hydrogens (tertiary/aromatic N) is 1. The number of amides is 2. The molecule has 6 nitrogen and oxygen atoms in total. The average Bonchev–Trinajstić information content (AvgIpc) is 2.57. The van der Waals surface area contributed by atoms with Crippen LogP contribution in [-0.2, 0) is 22.4 Å². The first-order valence-corrected chi connectivity index (χ1v) is 8.06. The van der Waals surface area contributed by atoms with E-state index in [1.807, 2.05) is 6.07 Å². The van der Waals surface area contributed by atoms with E-state index in [1.165, 1.54) is 6.07 Å². The molecule has 2 aromatic rings. The third-order valence-electron chi connectivity index (χ3n) is 4.10. The van der Waals surface area contributed by atoms with E-state index in [2.05, 4.69) is 15.6 Å². The highest BCUT2D eigenvalue weighted by Gasteiger charge is 2.28. The maximum atomic E-state index is 13.6. The molecule has 0 bridgehead atoms. The molecule has 1 unspecified atom stereocenters. The first-order chi connectivity index (χ1) is 12.0. The Morgan fingerprint density at radius 3 is 2.78 bits per heavy atom. The van der Waals surface area contributed by atoms with Crippen LogP contribution in [0.1, 0.15) is 17.5 Å². The third kappa shape index (κ3) is 5.89.